The molecule has 1 aliphatic rings. The van der Waals surface area contributed by atoms with Gasteiger partial charge in [-0.05, 0) is 40.7 Å². The van der Waals surface area contributed by atoms with E-state index in [-0.39, 0.29) is 18.3 Å². The Morgan fingerprint density at radius 3 is 2.17 bits per heavy atom. The second kappa shape index (κ2) is 4.22. The van der Waals surface area contributed by atoms with Gasteiger partial charge in [0.05, 0.1) is 11.2 Å². The van der Waals surface area contributed by atoms with E-state index in [2.05, 4.69) is 10.4 Å². The Hall–Kier alpha value is -1.11. The Labute approximate surface area is 108 Å². The van der Waals surface area contributed by atoms with Gasteiger partial charge in [-0.15, -0.1) is 0 Å². The van der Waals surface area contributed by atoms with Crippen molar-refractivity contribution in [1.82, 2.24) is 4.98 Å². The van der Waals surface area contributed by atoms with E-state index in [0.717, 1.165) is 11.2 Å². The van der Waals surface area contributed by atoms with E-state index in [1.165, 1.54) is 0 Å². The maximum atomic E-state index is 5.99. The van der Waals surface area contributed by atoms with E-state index in [4.69, 9.17) is 15.2 Å². The summed E-state index contributed by atoms with van der Waals surface area (Å²) < 4.78 is 12.0. The van der Waals surface area contributed by atoms with Gasteiger partial charge in [0.2, 0.25) is 0 Å². The van der Waals surface area contributed by atoms with Crippen LogP contribution in [-0.2, 0) is 9.31 Å². The molecule has 0 spiro atoms. The van der Waals surface area contributed by atoms with Crippen LogP contribution in [0.2, 0.25) is 0 Å². The van der Waals surface area contributed by atoms with E-state index in [9.17, 15) is 0 Å². The van der Waals surface area contributed by atoms with Gasteiger partial charge in [-0.3, -0.25) is 0 Å². The van der Waals surface area contributed by atoms with Gasteiger partial charge < -0.3 is 14.7 Å². The molecule has 6 heteroatoms. The summed E-state index contributed by atoms with van der Waals surface area (Å²) >= 11 is 0. The third kappa shape index (κ3) is 2.11. The lowest BCUT2D eigenvalue weighted by molar-refractivity contribution is 0.00578. The Bertz CT molecular complexity index is 447. The number of nitrogens with one attached hydrogen (secondary N) is 1. The average Bonchev–Trinajstić information content (AvgIpc) is 2.47. The number of aryl methyl sites for hydroxylation is 1. The number of nitrogen functional groups attached to an aromatic ring is 1. The maximum Gasteiger partial charge on any atom is 0.496 e. The molecular formula is C12H20BN3O2. The molecule has 2 heterocycles. The quantitative estimate of drug-likeness (QED) is 0.464. The predicted molar refractivity (Wildman–Crippen MR) is 72.5 cm³/mol. The first-order valence-corrected chi connectivity index (χ1v) is 6.06. The molecule has 1 saturated heterocycles. The first-order chi connectivity index (χ1) is 8.27. The second-order valence-corrected chi connectivity index (χ2v) is 5.60. The highest BCUT2D eigenvalue weighted by Gasteiger charge is 2.52. The number of nitrogens with zero attached hydrogens (tertiary/aromatic N) is 1. The first-order valence-electron chi connectivity index (χ1n) is 6.06. The van der Waals surface area contributed by atoms with Crippen LogP contribution in [0.3, 0.4) is 0 Å². The smallest absolute Gasteiger partial charge is 0.399 e. The standard InChI is InChI=1S/C12H20BN3O2/c1-8-9(6-7-10(15-8)16-14)13-17-11(2,3)12(4,5)18-13/h6-7H,14H2,1-5H3,(H,15,16). The van der Waals surface area contributed by atoms with E-state index >= 15 is 0 Å². The summed E-state index contributed by atoms with van der Waals surface area (Å²) in [5.74, 6) is 5.97. The molecular weight excluding hydrogens is 229 g/mol. The van der Waals surface area contributed by atoms with E-state index < -0.39 is 0 Å². The Morgan fingerprint density at radius 1 is 1.17 bits per heavy atom. The average molecular weight is 249 g/mol. The van der Waals surface area contributed by atoms with Crippen molar-refractivity contribution in [3.63, 3.8) is 0 Å². The molecule has 1 aromatic rings. The van der Waals surface area contributed by atoms with Gasteiger partial charge in [-0.25, -0.2) is 10.8 Å². The molecule has 0 atom stereocenters. The zero-order valence-corrected chi connectivity index (χ0v) is 11.6. The van der Waals surface area contributed by atoms with Crippen LogP contribution in [0.4, 0.5) is 5.82 Å². The molecule has 0 aliphatic carbocycles. The number of hydrogen-bond acceptors (Lipinski definition) is 5. The van der Waals surface area contributed by atoms with Gasteiger partial charge in [-0.2, -0.15) is 0 Å². The molecule has 0 bridgehead atoms. The lowest BCUT2D eigenvalue weighted by atomic mass is 9.78. The minimum absolute atomic E-state index is 0.338. The molecule has 0 amide bonds. The molecule has 1 aromatic heterocycles. The number of aromatic nitrogens is 1. The van der Waals surface area contributed by atoms with Crippen LogP contribution >= 0.6 is 0 Å². The fourth-order valence-electron chi connectivity index (χ4n) is 1.87. The largest absolute Gasteiger partial charge is 0.496 e. The highest BCUT2D eigenvalue weighted by molar-refractivity contribution is 6.62. The molecule has 0 radical (unpaired) electrons. The summed E-state index contributed by atoms with van der Waals surface area (Å²) in [4.78, 5) is 4.34. The van der Waals surface area contributed by atoms with Crippen molar-refractivity contribution in [2.45, 2.75) is 45.8 Å². The summed E-state index contributed by atoms with van der Waals surface area (Å²) in [6, 6.07) is 3.74. The molecule has 0 saturated carbocycles. The monoisotopic (exact) mass is 249 g/mol. The van der Waals surface area contributed by atoms with Crippen molar-refractivity contribution < 1.29 is 9.31 Å². The summed E-state index contributed by atoms with van der Waals surface area (Å²) in [7, 11) is -0.380. The van der Waals surface area contributed by atoms with Crippen LogP contribution in [0, 0.1) is 6.92 Å². The van der Waals surface area contributed by atoms with Crippen LogP contribution < -0.4 is 16.7 Å². The number of anilines is 1. The third-order valence-electron chi connectivity index (χ3n) is 3.78. The Kier molecular flexibility index (Phi) is 3.13. The molecule has 5 nitrogen and oxygen atoms in total. The molecule has 0 aromatic carbocycles. The molecule has 0 unspecified atom stereocenters. The van der Waals surface area contributed by atoms with Crippen molar-refractivity contribution in [2.75, 3.05) is 5.43 Å². The molecule has 1 aliphatic heterocycles. The van der Waals surface area contributed by atoms with Gasteiger partial charge in [0, 0.05) is 11.2 Å². The third-order valence-corrected chi connectivity index (χ3v) is 3.78. The number of nitrogens with two attached hydrogens (primary N) is 1. The minimum atomic E-state index is -0.380. The molecule has 1 fully saturated rings. The van der Waals surface area contributed by atoms with E-state index in [1.54, 1.807) is 0 Å². The molecule has 18 heavy (non-hydrogen) atoms. The summed E-state index contributed by atoms with van der Waals surface area (Å²) in [6.45, 7) is 10.1. The second-order valence-electron chi connectivity index (χ2n) is 5.60. The van der Waals surface area contributed by atoms with Crippen LogP contribution in [0.5, 0.6) is 0 Å². The number of rotatable bonds is 2. The Balaban J connectivity index is 2.30. The number of hydrazine groups is 1. The van der Waals surface area contributed by atoms with Crippen LogP contribution in [0.1, 0.15) is 33.4 Å². The molecule has 3 N–H and O–H groups in total. The number of hydrogen-bond donors (Lipinski definition) is 2. The lowest BCUT2D eigenvalue weighted by Gasteiger charge is -2.32. The van der Waals surface area contributed by atoms with Crippen molar-refractivity contribution in [3.05, 3.63) is 17.8 Å². The van der Waals surface area contributed by atoms with Crippen molar-refractivity contribution >= 4 is 18.4 Å². The van der Waals surface area contributed by atoms with Gasteiger partial charge in [0.25, 0.3) is 0 Å². The van der Waals surface area contributed by atoms with Gasteiger partial charge in [0.15, 0.2) is 0 Å². The van der Waals surface area contributed by atoms with Crippen LogP contribution in [0.15, 0.2) is 12.1 Å². The highest BCUT2D eigenvalue weighted by atomic mass is 16.7. The van der Waals surface area contributed by atoms with Crippen LogP contribution in [-0.4, -0.2) is 23.3 Å². The van der Waals surface area contributed by atoms with E-state index in [1.807, 2.05) is 46.8 Å². The summed E-state index contributed by atoms with van der Waals surface area (Å²) in [5, 5.41) is 0. The SMILES string of the molecule is Cc1nc(NN)ccc1B1OC(C)(C)C(C)(C)O1. The van der Waals surface area contributed by atoms with Gasteiger partial charge >= 0.3 is 7.12 Å². The zero-order valence-electron chi connectivity index (χ0n) is 11.6. The normalized spacial score (nSPS) is 21.1. The van der Waals surface area contributed by atoms with Gasteiger partial charge in [-0.1, -0.05) is 6.07 Å². The summed E-state index contributed by atoms with van der Waals surface area (Å²) in [6.07, 6.45) is 0. The lowest BCUT2D eigenvalue weighted by Crippen LogP contribution is -2.41. The molecule has 2 rings (SSSR count). The fraction of sp³-hybridized carbons (Fsp3) is 0.583. The van der Waals surface area contributed by atoms with Crippen molar-refractivity contribution in [1.29, 1.82) is 0 Å². The van der Waals surface area contributed by atoms with Gasteiger partial charge in [0.1, 0.15) is 5.82 Å². The fourth-order valence-corrected chi connectivity index (χ4v) is 1.87. The summed E-state index contributed by atoms with van der Waals surface area (Å²) in [5.41, 5.74) is 3.64. The Morgan fingerprint density at radius 2 is 1.72 bits per heavy atom. The first kappa shape index (κ1) is 13.3. The highest BCUT2D eigenvalue weighted by Crippen LogP contribution is 2.36. The minimum Gasteiger partial charge on any atom is -0.399 e. The van der Waals surface area contributed by atoms with Crippen molar-refractivity contribution in [2.24, 2.45) is 5.84 Å². The molecule has 98 valence electrons. The van der Waals surface area contributed by atoms with Crippen LogP contribution in [0.25, 0.3) is 0 Å². The topological polar surface area (TPSA) is 69.4 Å². The number of pyridine rings is 1. The predicted octanol–water partition coefficient (Wildman–Crippen LogP) is 0.975. The maximum absolute atomic E-state index is 5.99. The van der Waals surface area contributed by atoms with E-state index in [0.29, 0.717) is 5.82 Å². The van der Waals surface area contributed by atoms with Crippen molar-refractivity contribution in [3.8, 4) is 0 Å². The zero-order chi connectivity index (χ0) is 13.6.